The first-order valence-corrected chi connectivity index (χ1v) is 6.59. The van der Waals surface area contributed by atoms with Crippen molar-refractivity contribution in [2.24, 2.45) is 0 Å². The maximum atomic E-state index is 7.21. The maximum absolute atomic E-state index is 7.21. The highest BCUT2D eigenvalue weighted by Crippen LogP contribution is 2.31. The average Bonchev–Trinajstić information content (AvgIpc) is 2.47. The topological polar surface area (TPSA) is 10.6 Å². The van der Waals surface area contributed by atoms with Gasteiger partial charge in [0.1, 0.15) is 0 Å². The van der Waals surface area contributed by atoms with E-state index in [0.717, 1.165) is 23.5 Å². The van der Waals surface area contributed by atoms with Gasteiger partial charge in [-0.1, -0.05) is 24.3 Å². The van der Waals surface area contributed by atoms with Crippen molar-refractivity contribution < 1.29 is 4.58 Å². The van der Waals surface area contributed by atoms with Gasteiger partial charge < -0.3 is 4.90 Å². The second kappa shape index (κ2) is 4.82. The molecule has 1 heterocycles. The van der Waals surface area contributed by atoms with Crippen LogP contribution in [0.4, 0.5) is 17.1 Å². The number of hydrogen-bond donors (Lipinski definition) is 0. The van der Waals surface area contributed by atoms with E-state index < -0.39 is 0 Å². The fourth-order valence-electron chi connectivity index (χ4n) is 2.76. The van der Waals surface area contributed by atoms with Gasteiger partial charge in [-0.25, -0.2) is 4.85 Å². The summed E-state index contributed by atoms with van der Waals surface area (Å²) in [5.74, 6) is 0. The summed E-state index contributed by atoms with van der Waals surface area (Å²) >= 11 is 0. The van der Waals surface area contributed by atoms with Crippen molar-refractivity contribution in [3.63, 3.8) is 0 Å². The van der Waals surface area contributed by atoms with Gasteiger partial charge in [-0.05, 0) is 18.6 Å². The summed E-state index contributed by atoms with van der Waals surface area (Å²) in [5, 5.41) is 0. The van der Waals surface area contributed by atoms with Gasteiger partial charge in [0.05, 0.1) is 17.8 Å². The molecule has 1 aliphatic rings. The lowest BCUT2D eigenvalue weighted by atomic mass is 10.0. The van der Waals surface area contributed by atoms with E-state index in [0.29, 0.717) is 5.69 Å². The smallest absolute Gasteiger partial charge is 0.224 e. The van der Waals surface area contributed by atoms with E-state index in [1.807, 2.05) is 30.3 Å². The van der Waals surface area contributed by atoms with Crippen LogP contribution in [0.5, 0.6) is 0 Å². The number of benzene rings is 2. The SMILES string of the molecule is [C-]#[N+]c1cc(C)c2c(c1)C=[N+](c1ccccc1)CN2C. The number of anilines is 1. The Morgan fingerprint density at radius 2 is 1.95 bits per heavy atom. The van der Waals surface area contributed by atoms with Crippen LogP contribution in [-0.4, -0.2) is 24.5 Å². The predicted octanol–water partition coefficient (Wildman–Crippen LogP) is 3.72. The van der Waals surface area contributed by atoms with Gasteiger partial charge in [0, 0.05) is 19.2 Å². The minimum absolute atomic E-state index is 0.695. The molecule has 0 unspecified atom stereocenters. The summed E-state index contributed by atoms with van der Waals surface area (Å²) < 4.78 is 2.20. The summed E-state index contributed by atoms with van der Waals surface area (Å²) in [5.41, 5.74) is 5.33. The zero-order valence-electron chi connectivity index (χ0n) is 11.7. The summed E-state index contributed by atoms with van der Waals surface area (Å²) in [6.45, 7) is 10.1. The minimum atomic E-state index is 0.695. The molecular weight excluding hydrogens is 246 g/mol. The molecule has 0 aromatic heterocycles. The highest BCUT2D eigenvalue weighted by Gasteiger charge is 2.23. The normalized spacial score (nSPS) is 13.4. The van der Waals surface area contributed by atoms with Gasteiger partial charge in [-0.3, -0.25) is 0 Å². The molecular formula is C17H16N3+. The van der Waals surface area contributed by atoms with Crippen molar-refractivity contribution in [3.8, 4) is 0 Å². The molecule has 0 radical (unpaired) electrons. The molecule has 98 valence electrons. The van der Waals surface area contributed by atoms with Gasteiger partial charge in [-0.2, -0.15) is 4.58 Å². The first kappa shape index (κ1) is 12.4. The Morgan fingerprint density at radius 1 is 1.20 bits per heavy atom. The number of para-hydroxylation sites is 1. The van der Waals surface area contributed by atoms with Crippen LogP contribution in [0.15, 0.2) is 42.5 Å². The van der Waals surface area contributed by atoms with Crippen LogP contribution in [0.2, 0.25) is 0 Å². The Morgan fingerprint density at radius 3 is 2.65 bits per heavy atom. The molecule has 2 aromatic rings. The van der Waals surface area contributed by atoms with Crippen LogP contribution in [0.25, 0.3) is 4.85 Å². The van der Waals surface area contributed by atoms with Crippen LogP contribution >= 0.6 is 0 Å². The molecule has 0 saturated heterocycles. The van der Waals surface area contributed by atoms with Gasteiger partial charge in [0.15, 0.2) is 11.9 Å². The quantitative estimate of drug-likeness (QED) is 0.563. The highest BCUT2D eigenvalue weighted by atomic mass is 15.3. The van der Waals surface area contributed by atoms with E-state index in [9.17, 15) is 0 Å². The number of aryl methyl sites for hydroxylation is 1. The van der Waals surface area contributed by atoms with Crippen LogP contribution < -0.4 is 4.90 Å². The monoisotopic (exact) mass is 262 g/mol. The van der Waals surface area contributed by atoms with Crippen LogP contribution in [-0.2, 0) is 0 Å². The van der Waals surface area contributed by atoms with Crippen molar-refractivity contribution >= 4 is 23.3 Å². The third-order valence-electron chi connectivity index (χ3n) is 3.57. The first-order chi connectivity index (χ1) is 9.69. The Balaban J connectivity index is 2.16. The van der Waals surface area contributed by atoms with E-state index in [2.05, 4.69) is 46.6 Å². The molecule has 3 heteroatoms. The number of rotatable bonds is 1. The zero-order valence-corrected chi connectivity index (χ0v) is 11.7. The van der Waals surface area contributed by atoms with Gasteiger partial charge in [0.25, 0.3) is 0 Å². The largest absolute Gasteiger partial charge is 0.319 e. The highest BCUT2D eigenvalue weighted by molar-refractivity contribution is 5.90. The number of hydrogen-bond acceptors (Lipinski definition) is 1. The molecule has 0 N–H and O–H groups in total. The molecule has 0 aliphatic carbocycles. The van der Waals surface area contributed by atoms with E-state index in [4.69, 9.17) is 6.57 Å². The standard InChI is InChI=1S/C17H16N3/c1-13-9-15(18-2)10-14-11-20(12-19(3)17(13)14)16-7-5-4-6-8-16/h4-11H,12H2,1,3H3/q+1. The lowest BCUT2D eigenvalue weighted by Gasteiger charge is -2.25. The van der Waals surface area contributed by atoms with E-state index in [1.54, 1.807) is 0 Å². The molecule has 0 spiro atoms. The summed E-state index contributed by atoms with van der Waals surface area (Å²) in [4.78, 5) is 5.78. The molecule has 0 atom stereocenters. The minimum Gasteiger partial charge on any atom is -0.319 e. The summed E-state index contributed by atoms with van der Waals surface area (Å²) in [6.07, 6.45) is 2.13. The second-order valence-corrected chi connectivity index (χ2v) is 5.09. The lowest BCUT2D eigenvalue weighted by molar-refractivity contribution is -0.435. The van der Waals surface area contributed by atoms with Gasteiger partial charge >= 0.3 is 0 Å². The summed E-state index contributed by atoms with van der Waals surface area (Å²) in [6, 6.07) is 14.2. The van der Waals surface area contributed by atoms with Crippen molar-refractivity contribution in [1.29, 1.82) is 0 Å². The van der Waals surface area contributed by atoms with Gasteiger partial charge in [0.2, 0.25) is 12.4 Å². The third-order valence-corrected chi connectivity index (χ3v) is 3.57. The number of nitrogens with zero attached hydrogens (tertiary/aromatic N) is 3. The maximum Gasteiger partial charge on any atom is 0.224 e. The second-order valence-electron chi connectivity index (χ2n) is 5.09. The Bertz CT molecular complexity index is 724. The van der Waals surface area contributed by atoms with Crippen molar-refractivity contribution in [3.05, 3.63) is 65.0 Å². The lowest BCUT2D eigenvalue weighted by Crippen LogP contribution is -2.32. The van der Waals surface area contributed by atoms with Crippen LogP contribution in [0.3, 0.4) is 0 Å². The first-order valence-electron chi connectivity index (χ1n) is 6.59. The average molecular weight is 262 g/mol. The summed E-state index contributed by atoms with van der Waals surface area (Å²) in [7, 11) is 2.09. The Kier molecular flexibility index (Phi) is 3.00. The van der Waals surface area contributed by atoms with E-state index >= 15 is 0 Å². The molecule has 20 heavy (non-hydrogen) atoms. The van der Waals surface area contributed by atoms with Crippen molar-refractivity contribution in [2.75, 3.05) is 18.6 Å². The Labute approximate surface area is 119 Å². The zero-order chi connectivity index (χ0) is 14.1. The molecule has 3 nitrogen and oxygen atoms in total. The number of fused-ring (bicyclic) bond motifs is 1. The molecule has 2 aromatic carbocycles. The molecule has 1 aliphatic heterocycles. The molecule has 0 bridgehead atoms. The molecule has 0 fully saturated rings. The molecule has 0 saturated carbocycles. The third kappa shape index (κ3) is 2.06. The predicted molar refractivity (Wildman–Crippen MR) is 82.2 cm³/mol. The van der Waals surface area contributed by atoms with E-state index in [-0.39, 0.29) is 0 Å². The fourth-order valence-corrected chi connectivity index (χ4v) is 2.76. The van der Waals surface area contributed by atoms with Gasteiger partial charge in [-0.15, -0.1) is 0 Å². The molecule has 0 amide bonds. The van der Waals surface area contributed by atoms with Crippen molar-refractivity contribution in [1.82, 2.24) is 0 Å². The Hall–Kier alpha value is -2.60. The van der Waals surface area contributed by atoms with Crippen LogP contribution in [0.1, 0.15) is 11.1 Å². The van der Waals surface area contributed by atoms with Crippen LogP contribution in [0, 0.1) is 13.5 Å². The van der Waals surface area contributed by atoms with Crippen molar-refractivity contribution in [2.45, 2.75) is 6.92 Å². The van der Waals surface area contributed by atoms with E-state index in [1.165, 1.54) is 5.69 Å². The fraction of sp³-hybridized carbons (Fsp3) is 0.176. The molecule has 3 rings (SSSR count).